The number of carbonyl (C=O) groups excluding carboxylic acids is 1. The Balaban J connectivity index is 2.30. The van der Waals surface area contributed by atoms with Crippen molar-refractivity contribution in [2.45, 2.75) is 6.92 Å². The van der Waals surface area contributed by atoms with Gasteiger partial charge in [-0.15, -0.1) is 0 Å². The minimum absolute atomic E-state index is 0.227. The lowest BCUT2D eigenvalue weighted by atomic mass is 10.2. The number of hydrogen-bond donors (Lipinski definition) is 2. The Bertz CT molecular complexity index is 644. The van der Waals surface area contributed by atoms with Gasteiger partial charge in [-0.3, -0.25) is 4.79 Å². The van der Waals surface area contributed by atoms with E-state index in [0.29, 0.717) is 10.7 Å². The lowest BCUT2D eigenvalue weighted by molar-refractivity contribution is 0.102. The molecule has 0 spiro atoms. The number of carbonyl (C=O) groups is 1. The molecule has 6 heteroatoms. The molecule has 0 atom stereocenters. The number of nitrogen functional groups attached to an aromatic ring is 1. The standard InChI is InChI=1S/C13H11Cl2N3O/c1-7-2-3-9(14)11(4-7)18-13(19)8-5-12(16)17-6-10(8)15/h2-6H,1H3,(H2,16,17)(H,18,19). The first-order valence-electron chi connectivity index (χ1n) is 5.46. The zero-order valence-corrected chi connectivity index (χ0v) is 11.6. The van der Waals surface area contributed by atoms with Gasteiger partial charge >= 0.3 is 0 Å². The Kier molecular flexibility index (Phi) is 3.93. The van der Waals surface area contributed by atoms with Crippen LogP contribution in [0.5, 0.6) is 0 Å². The summed E-state index contributed by atoms with van der Waals surface area (Å²) in [5.41, 5.74) is 7.31. The van der Waals surface area contributed by atoms with Crippen molar-refractivity contribution in [3.05, 3.63) is 51.6 Å². The van der Waals surface area contributed by atoms with Crippen LogP contribution >= 0.6 is 23.2 Å². The minimum atomic E-state index is -0.383. The zero-order chi connectivity index (χ0) is 14.0. The molecule has 1 aromatic heterocycles. The molecule has 3 N–H and O–H groups in total. The van der Waals surface area contributed by atoms with E-state index in [1.807, 2.05) is 13.0 Å². The third kappa shape index (κ3) is 3.16. The molecule has 0 aliphatic heterocycles. The summed E-state index contributed by atoms with van der Waals surface area (Å²) in [6.45, 7) is 1.91. The van der Waals surface area contributed by atoms with Crippen LogP contribution in [0.25, 0.3) is 0 Å². The van der Waals surface area contributed by atoms with Crippen molar-refractivity contribution < 1.29 is 4.79 Å². The lowest BCUT2D eigenvalue weighted by Gasteiger charge is -2.09. The van der Waals surface area contributed by atoms with E-state index in [9.17, 15) is 4.79 Å². The predicted octanol–water partition coefficient (Wildman–Crippen LogP) is 3.53. The van der Waals surface area contributed by atoms with E-state index in [0.717, 1.165) is 5.56 Å². The molecule has 0 aliphatic rings. The number of benzene rings is 1. The van der Waals surface area contributed by atoms with Crippen LogP contribution in [-0.2, 0) is 0 Å². The van der Waals surface area contributed by atoms with Gasteiger partial charge in [0.15, 0.2) is 0 Å². The Morgan fingerprint density at radius 2 is 2.00 bits per heavy atom. The molecule has 1 heterocycles. The summed E-state index contributed by atoms with van der Waals surface area (Å²) < 4.78 is 0. The van der Waals surface area contributed by atoms with Crippen LogP contribution in [0, 0.1) is 6.92 Å². The molecule has 0 saturated heterocycles. The van der Waals surface area contributed by atoms with Crippen molar-refractivity contribution in [3.8, 4) is 0 Å². The van der Waals surface area contributed by atoms with E-state index in [1.165, 1.54) is 12.3 Å². The molecule has 0 unspecified atom stereocenters. The van der Waals surface area contributed by atoms with E-state index < -0.39 is 0 Å². The number of aromatic nitrogens is 1. The number of nitrogens with two attached hydrogens (primary N) is 1. The van der Waals surface area contributed by atoms with E-state index >= 15 is 0 Å². The van der Waals surface area contributed by atoms with E-state index in [4.69, 9.17) is 28.9 Å². The van der Waals surface area contributed by atoms with Gasteiger partial charge in [-0.1, -0.05) is 29.3 Å². The van der Waals surface area contributed by atoms with Gasteiger partial charge in [0.25, 0.3) is 5.91 Å². The normalized spacial score (nSPS) is 10.3. The molecule has 0 bridgehead atoms. The fourth-order valence-corrected chi connectivity index (χ4v) is 1.91. The molecule has 98 valence electrons. The number of hydrogen-bond acceptors (Lipinski definition) is 3. The quantitative estimate of drug-likeness (QED) is 0.890. The van der Waals surface area contributed by atoms with Crippen molar-refractivity contribution in [2.75, 3.05) is 11.1 Å². The number of rotatable bonds is 2. The Morgan fingerprint density at radius 1 is 1.26 bits per heavy atom. The highest BCUT2D eigenvalue weighted by molar-refractivity contribution is 6.36. The number of nitrogens with zero attached hydrogens (tertiary/aromatic N) is 1. The van der Waals surface area contributed by atoms with Crippen molar-refractivity contribution >= 4 is 40.6 Å². The summed E-state index contributed by atoms with van der Waals surface area (Å²) in [6, 6.07) is 6.77. The number of anilines is 2. The van der Waals surface area contributed by atoms with Crippen LogP contribution in [0.3, 0.4) is 0 Å². The highest BCUT2D eigenvalue weighted by Gasteiger charge is 2.13. The maximum atomic E-state index is 12.1. The summed E-state index contributed by atoms with van der Waals surface area (Å²) in [6.07, 6.45) is 1.34. The van der Waals surface area contributed by atoms with Gasteiger partial charge in [0.1, 0.15) is 5.82 Å². The van der Waals surface area contributed by atoms with Crippen molar-refractivity contribution in [1.82, 2.24) is 4.98 Å². The molecule has 1 amide bonds. The van der Waals surface area contributed by atoms with Crippen molar-refractivity contribution in [2.24, 2.45) is 0 Å². The molecule has 0 saturated carbocycles. The maximum Gasteiger partial charge on any atom is 0.257 e. The number of halogens is 2. The molecule has 19 heavy (non-hydrogen) atoms. The number of aryl methyl sites for hydroxylation is 1. The first-order chi connectivity index (χ1) is 8.97. The molecule has 0 aliphatic carbocycles. The van der Waals surface area contributed by atoms with Gasteiger partial charge < -0.3 is 11.1 Å². The summed E-state index contributed by atoms with van der Waals surface area (Å²) >= 11 is 11.9. The average molecular weight is 296 g/mol. The molecule has 0 fully saturated rings. The van der Waals surface area contributed by atoms with Gasteiger partial charge in [-0.25, -0.2) is 4.98 Å². The smallest absolute Gasteiger partial charge is 0.257 e. The van der Waals surface area contributed by atoms with Gasteiger partial charge in [0.05, 0.1) is 21.3 Å². The molecule has 2 rings (SSSR count). The fourth-order valence-electron chi connectivity index (χ4n) is 1.55. The zero-order valence-electron chi connectivity index (χ0n) is 10.1. The predicted molar refractivity (Wildman–Crippen MR) is 77.8 cm³/mol. The summed E-state index contributed by atoms with van der Waals surface area (Å²) in [5.74, 6) is -0.156. The molecular formula is C13H11Cl2N3O. The fraction of sp³-hybridized carbons (Fsp3) is 0.0769. The Labute approximate surface area is 120 Å². The maximum absolute atomic E-state index is 12.1. The molecular weight excluding hydrogens is 285 g/mol. The average Bonchev–Trinajstić information content (AvgIpc) is 2.36. The lowest BCUT2D eigenvalue weighted by Crippen LogP contribution is -2.13. The Morgan fingerprint density at radius 3 is 2.74 bits per heavy atom. The molecule has 2 aromatic rings. The second-order valence-electron chi connectivity index (χ2n) is 4.03. The van der Waals surface area contributed by atoms with Crippen molar-refractivity contribution in [3.63, 3.8) is 0 Å². The van der Waals surface area contributed by atoms with Crippen LogP contribution in [0.15, 0.2) is 30.5 Å². The SMILES string of the molecule is Cc1ccc(Cl)c(NC(=O)c2cc(N)ncc2Cl)c1. The minimum Gasteiger partial charge on any atom is -0.384 e. The van der Waals surface area contributed by atoms with Gasteiger partial charge in [-0.05, 0) is 30.7 Å². The largest absolute Gasteiger partial charge is 0.384 e. The number of nitrogens with one attached hydrogen (secondary N) is 1. The third-order valence-electron chi connectivity index (χ3n) is 2.49. The van der Waals surface area contributed by atoms with E-state index in [2.05, 4.69) is 10.3 Å². The highest BCUT2D eigenvalue weighted by atomic mass is 35.5. The molecule has 1 aromatic carbocycles. The monoisotopic (exact) mass is 295 g/mol. The second-order valence-corrected chi connectivity index (χ2v) is 4.84. The van der Waals surface area contributed by atoms with E-state index in [1.54, 1.807) is 12.1 Å². The summed E-state index contributed by atoms with van der Waals surface area (Å²) in [7, 11) is 0. The first-order valence-corrected chi connectivity index (χ1v) is 6.21. The number of pyridine rings is 1. The first kappa shape index (κ1) is 13.6. The van der Waals surface area contributed by atoms with Gasteiger partial charge in [-0.2, -0.15) is 0 Å². The number of amides is 1. The summed E-state index contributed by atoms with van der Waals surface area (Å²) in [5, 5.41) is 3.38. The van der Waals surface area contributed by atoms with Crippen LogP contribution in [-0.4, -0.2) is 10.9 Å². The third-order valence-corrected chi connectivity index (χ3v) is 3.12. The Hall–Kier alpha value is -1.78. The van der Waals surface area contributed by atoms with Crippen LogP contribution in [0.2, 0.25) is 10.0 Å². The second kappa shape index (κ2) is 5.47. The van der Waals surface area contributed by atoms with Crippen LogP contribution < -0.4 is 11.1 Å². The van der Waals surface area contributed by atoms with Crippen molar-refractivity contribution in [1.29, 1.82) is 0 Å². The van der Waals surface area contributed by atoms with Crippen LogP contribution in [0.1, 0.15) is 15.9 Å². The van der Waals surface area contributed by atoms with Crippen LogP contribution in [0.4, 0.5) is 11.5 Å². The van der Waals surface area contributed by atoms with Gasteiger partial charge in [0.2, 0.25) is 0 Å². The van der Waals surface area contributed by atoms with E-state index in [-0.39, 0.29) is 22.3 Å². The summed E-state index contributed by atoms with van der Waals surface area (Å²) in [4.78, 5) is 15.9. The topological polar surface area (TPSA) is 68.0 Å². The van der Waals surface area contributed by atoms with Gasteiger partial charge in [0, 0.05) is 6.20 Å². The highest BCUT2D eigenvalue weighted by Crippen LogP contribution is 2.24. The molecule has 0 radical (unpaired) electrons. The molecule has 4 nitrogen and oxygen atoms in total.